The zero-order chi connectivity index (χ0) is 17.1. The van der Waals surface area contributed by atoms with Crippen LogP contribution in [0, 0.1) is 0 Å². The van der Waals surface area contributed by atoms with Gasteiger partial charge in [0.1, 0.15) is 11.5 Å². The molecule has 1 N–H and O–H groups in total. The first kappa shape index (κ1) is 15.8. The molecule has 0 atom stereocenters. The minimum absolute atomic E-state index is 0.0722. The second-order valence-electron chi connectivity index (χ2n) is 5.42. The summed E-state index contributed by atoms with van der Waals surface area (Å²) in [6.45, 7) is 3.79. The van der Waals surface area contributed by atoms with Crippen LogP contribution in [0.1, 0.15) is 24.2 Å². The molecule has 0 unspecified atom stereocenters. The maximum absolute atomic E-state index is 12.6. The Morgan fingerprint density at radius 2 is 2.08 bits per heavy atom. The van der Waals surface area contributed by atoms with Gasteiger partial charge < -0.3 is 9.47 Å². The molecule has 24 heavy (non-hydrogen) atoms. The van der Waals surface area contributed by atoms with Crippen LogP contribution in [0.25, 0.3) is 5.65 Å². The van der Waals surface area contributed by atoms with E-state index in [2.05, 4.69) is 15.4 Å². The van der Waals surface area contributed by atoms with Crippen molar-refractivity contribution in [1.82, 2.24) is 14.6 Å². The fourth-order valence-corrected chi connectivity index (χ4v) is 2.22. The molecule has 0 saturated heterocycles. The van der Waals surface area contributed by atoms with Crippen LogP contribution in [-0.4, -0.2) is 33.7 Å². The van der Waals surface area contributed by atoms with Gasteiger partial charge in [0.05, 0.1) is 18.8 Å². The summed E-state index contributed by atoms with van der Waals surface area (Å²) in [6.07, 6.45) is 1.69. The minimum Gasteiger partial charge on any atom is -0.497 e. The van der Waals surface area contributed by atoms with Crippen molar-refractivity contribution in [1.29, 1.82) is 0 Å². The SMILES string of the molecule is COc1ccc(C(=O)Nc2nc3ccccn3n2)c(OC(C)C)c1. The van der Waals surface area contributed by atoms with E-state index in [-0.39, 0.29) is 18.0 Å². The summed E-state index contributed by atoms with van der Waals surface area (Å²) in [5.41, 5.74) is 1.05. The van der Waals surface area contributed by atoms with Crippen molar-refractivity contribution < 1.29 is 14.3 Å². The molecular formula is C17H18N4O3. The molecule has 0 aliphatic rings. The molecule has 0 fully saturated rings. The standard InChI is InChI=1S/C17H18N4O3/c1-11(2)24-14-10-12(23-3)7-8-13(14)16(22)19-17-18-15-6-4-5-9-21(15)20-17/h4-11H,1-3H3,(H,19,20,22). The molecule has 0 spiro atoms. The average molecular weight is 326 g/mol. The lowest BCUT2D eigenvalue weighted by molar-refractivity contribution is 0.102. The van der Waals surface area contributed by atoms with Gasteiger partial charge >= 0.3 is 0 Å². The van der Waals surface area contributed by atoms with Crippen LogP contribution in [0.15, 0.2) is 42.6 Å². The number of hydrogen-bond donors (Lipinski definition) is 1. The van der Waals surface area contributed by atoms with Crippen LogP contribution < -0.4 is 14.8 Å². The first-order valence-corrected chi connectivity index (χ1v) is 7.54. The molecule has 7 heteroatoms. The molecule has 3 rings (SSSR count). The topological polar surface area (TPSA) is 77.8 Å². The number of ether oxygens (including phenoxy) is 2. The Balaban J connectivity index is 1.88. The number of carbonyl (C=O) groups is 1. The molecular weight excluding hydrogens is 308 g/mol. The number of benzene rings is 1. The third kappa shape index (κ3) is 3.29. The van der Waals surface area contributed by atoms with Crippen LogP contribution >= 0.6 is 0 Å². The number of amides is 1. The highest BCUT2D eigenvalue weighted by Crippen LogP contribution is 2.26. The Labute approximate surface area is 139 Å². The maximum Gasteiger partial charge on any atom is 0.261 e. The molecule has 0 saturated carbocycles. The third-order valence-electron chi connectivity index (χ3n) is 3.26. The van der Waals surface area contributed by atoms with Gasteiger partial charge in [0.15, 0.2) is 5.65 Å². The van der Waals surface area contributed by atoms with E-state index in [1.807, 2.05) is 32.0 Å². The van der Waals surface area contributed by atoms with Crippen molar-refractivity contribution in [3.8, 4) is 11.5 Å². The van der Waals surface area contributed by atoms with Crippen molar-refractivity contribution in [2.45, 2.75) is 20.0 Å². The molecule has 3 aromatic rings. The number of fused-ring (bicyclic) bond motifs is 1. The molecule has 0 aliphatic heterocycles. The number of carbonyl (C=O) groups excluding carboxylic acids is 1. The van der Waals surface area contributed by atoms with Crippen LogP contribution in [0.5, 0.6) is 11.5 Å². The van der Waals surface area contributed by atoms with Crippen molar-refractivity contribution in [2.24, 2.45) is 0 Å². The van der Waals surface area contributed by atoms with Gasteiger partial charge in [0.2, 0.25) is 5.95 Å². The quantitative estimate of drug-likeness (QED) is 0.780. The van der Waals surface area contributed by atoms with E-state index in [4.69, 9.17) is 9.47 Å². The van der Waals surface area contributed by atoms with Gasteiger partial charge in [-0.1, -0.05) is 6.07 Å². The smallest absolute Gasteiger partial charge is 0.261 e. The van der Waals surface area contributed by atoms with E-state index >= 15 is 0 Å². The predicted octanol–water partition coefficient (Wildman–Crippen LogP) is 2.78. The summed E-state index contributed by atoms with van der Waals surface area (Å²) in [7, 11) is 1.56. The summed E-state index contributed by atoms with van der Waals surface area (Å²) in [4.78, 5) is 16.8. The Kier molecular flexibility index (Phi) is 4.33. The lowest BCUT2D eigenvalue weighted by Crippen LogP contribution is -2.16. The zero-order valence-electron chi connectivity index (χ0n) is 13.7. The van der Waals surface area contributed by atoms with E-state index in [1.165, 1.54) is 0 Å². The Bertz CT molecular complexity index is 840. The monoisotopic (exact) mass is 326 g/mol. The summed E-state index contributed by atoms with van der Waals surface area (Å²) in [6, 6.07) is 10.6. The predicted molar refractivity (Wildman–Crippen MR) is 89.7 cm³/mol. The fraction of sp³-hybridized carbons (Fsp3) is 0.235. The summed E-state index contributed by atoms with van der Waals surface area (Å²) >= 11 is 0. The lowest BCUT2D eigenvalue weighted by Gasteiger charge is -2.14. The Hall–Kier alpha value is -3.09. The lowest BCUT2D eigenvalue weighted by atomic mass is 10.1. The maximum atomic E-state index is 12.6. The molecule has 124 valence electrons. The largest absolute Gasteiger partial charge is 0.497 e. The number of rotatable bonds is 5. The Morgan fingerprint density at radius 1 is 1.25 bits per heavy atom. The fourth-order valence-electron chi connectivity index (χ4n) is 2.22. The summed E-state index contributed by atoms with van der Waals surface area (Å²) < 4.78 is 12.5. The first-order chi connectivity index (χ1) is 11.6. The van der Waals surface area contributed by atoms with Crippen molar-refractivity contribution in [2.75, 3.05) is 12.4 Å². The molecule has 0 aliphatic carbocycles. The minimum atomic E-state index is -0.343. The van der Waals surface area contributed by atoms with Gasteiger partial charge in [-0.25, -0.2) is 4.52 Å². The second-order valence-corrected chi connectivity index (χ2v) is 5.42. The molecule has 1 aromatic carbocycles. The molecule has 2 aromatic heterocycles. The molecule has 7 nitrogen and oxygen atoms in total. The molecule has 1 amide bonds. The van der Waals surface area contributed by atoms with E-state index in [0.717, 1.165) is 0 Å². The third-order valence-corrected chi connectivity index (χ3v) is 3.26. The highest BCUT2D eigenvalue weighted by molar-refractivity contribution is 6.05. The number of nitrogens with zero attached hydrogens (tertiary/aromatic N) is 3. The van der Waals surface area contributed by atoms with Gasteiger partial charge in [-0.2, -0.15) is 4.98 Å². The van der Waals surface area contributed by atoms with Crippen molar-refractivity contribution in [3.63, 3.8) is 0 Å². The summed E-state index contributed by atoms with van der Waals surface area (Å²) in [5.74, 6) is 0.959. The highest BCUT2D eigenvalue weighted by atomic mass is 16.5. The van der Waals surface area contributed by atoms with E-state index in [1.54, 1.807) is 36.0 Å². The van der Waals surface area contributed by atoms with Crippen LogP contribution in [0.4, 0.5) is 5.95 Å². The van der Waals surface area contributed by atoms with Gasteiger partial charge in [-0.3, -0.25) is 10.1 Å². The van der Waals surface area contributed by atoms with Gasteiger partial charge in [0.25, 0.3) is 5.91 Å². The summed E-state index contributed by atoms with van der Waals surface area (Å²) in [5, 5.41) is 6.91. The second kappa shape index (κ2) is 6.57. The number of anilines is 1. The first-order valence-electron chi connectivity index (χ1n) is 7.54. The molecule has 0 radical (unpaired) electrons. The van der Waals surface area contributed by atoms with Gasteiger partial charge in [0, 0.05) is 12.3 Å². The number of methoxy groups -OCH3 is 1. The van der Waals surface area contributed by atoms with Gasteiger partial charge in [-0.05, 0) is 38.1 Å². The van der Waals surface area contributed by atoms with E-state index < -0.39 is 0 Å². The van der Waals surface area contributed by atoms with Crippen molar-refractivity contribution in [3.05, 3.63) is 48.2 Å². The number of hydrogen-bond acceptors (Lipinski definition) is 5. The number of nitrogens with one attached hydrogen (secondary N) is 1. The van der Waals surface area contributed by atoms with E-state index in [9.17, 15) is 4.79 Å². The van der Waals surface area contributed by atoms with E-state index in [0.29, 0.717) is 22.7 Å². The number of aromatic nitrogens is 3. The van der Waals surface area contributed by atoms with Crippen LogP contribution in [0.2, 0.25) is 0 Å². The van der Waals surface area contributed by atoms with Crippen LogP contribution in [-0.2, 0) is 0 Å². The number of pyridine rings is 1. The normalized spacial score (nSPS) is 10.8. The van der Waals surface area contributed by atoms with Gasteiger partial charge in [-0.15, -0.1) is 5.10 Å². The zero-order valence-corrected chi connectivity index (χ0v) is 13.7. The van der Waals surface area contributed by atoms with Crippen LogP contribution in [0.3, 0.4) is 0 Å². The molecule has 0 bridgehead atoms. The average Bonchev–Trinajstić information content (AvgIpc) is 2.96. The highest BCUT2D eigenvalue weighted by Gasteiger charge is 2.17. The Morgan fingerprint density at radius 3 is 2.79 bits per heavy atom. The molecule has 2 heterocycles. The van der Waals surface area contributed by atoms with Crippen molar-refractivity contribution >= 4 is 17.5 Å².